The van der Waals surface area contributed by atoms with Crippen molar-refractivity contribution in [1.82, 2.24) is 9.47 Å². The minimum atomic E-state index is -0.494. The molecule has 0 aliphatic carbocycles. The van der Waals surface area contributed by atoms with Gasteiger partial charge in [0, 0.05) is 35.6 Å². The van der Waals surface area contributed by atoms with Gasteiger partial charge in [0.2, 0.25) is 5.54 Å². The van der Waals surface area contributed by atoms with Crippen LogP contribution >= 0.6 is 0 Å². The fourth-order valence-corrected chi connectivity index (χ4v) is 8.51. The van der Waals surface area contributed by atoms with Crippen molar-refractivity contribution in [2.24, 2.45) is 0 Å². The third kappa shape index (κ3) is 1.76. The summed E-state index contributed by atoms with van der Waals surface area (Å²) in [6.45, 7) is 0. The van der Waals surface area contributed by atoms with E-state index >= 15 is 0 Å². The van der Waals surface area contributed by atoms with E-state index in [1.165, 1.54) is 65.8 Å². The van der Waals surface area contributed by atoms with Crippen LogP contribution in [0.4, 0.5) is 5.69 Å². The number of fused-ring (bicyclic) bond motifs is 6. The number of hydrogen-bond acceptors (Lipinski definition) is 3. The Balaban J connectivity index is 1.55. The van der Waals surface area contributed by atoms with Gasteiger partial charge in [-0.2, -0.15) is 4.40 Å². The summed E-state index contributed by atoms with van der Waals surface area (Å²) in [6, 6.07) is 31.2. The van der Waals surface area contributed by atoms with E-state index in [1.807, 2.05) is 0 Å². The number of hydrogen-bond donors (Lipinski definition) is 0. The molecule has 1 spiro atoms. The molecule has 11 rings (SSSR count). The Morgan fingerprint density at radius 3 is 2.26 bits per heavy atom. The summed E-state index contributed by atoms with van der Waals surface area (Å²) in [5, 5.41) is 7.64. The molecule has 4 aliphatic rings. The normalized spacial score (nSPS) is 21.3. The van der Waals surface area contributed by atoms with E-state index in [0.29, 0.717) is 0 Å². The first-order valence-corrected chi connectivity index (χ1v) is 13.5. The lowest BCUT2D eigenvalue weighted by Gasteiger charge is -2.42. The number of likely N-dealkylation sites (N-methyl/N-ethyl adjacent to an activating group) is 1. The van der Waals surface area contributed by atoms with Crippen LogP contribution in [0.2, 0.25) is 0 Å². The van der Waals surface area contributed by atoms with Crippen molar-refractivity contribution in [1.29, 1.82) is 0 Å². The van der Waals surface area contributed by atoms with Crippen molar-refractivity contribution in [3.63, 3.8) is 0 Å². The highest BCUT2D eigenvalue weighted by Gasteiger charge is 2.66. The van der Waals surface area contributed by atoms with Gasteiger partial charge in [0.05, 0.1) is 28.4 Å². The summed E-state index contributed by atoms with van der Waals surface area (Å²) in [6.07, 6.45) is 6.78. The van der Waals surface area contributed by atoms with Gasteiger partial charge < -0.3 is 14.5 Å². The highest BCUT2D eigenvalue weighted by Crippen LogP contribution is 2.63. The molecule has 182 valence electrons. The summed E-state index contributed by atoms with van der Waals surface area (Å²) in [4.78, 5) is 4.81. The smallest absolute Gasteiger partial charge is 0.296 e. The molecule has 0 radical (unpaired) electrons. The lowest BCUT2D eigenvalue weighted by molar-refractivity contribution is -0.453. The predicted molar refractivity (Wildman–Crippen MR) is 153 cm³/mol. The van der Waals surface area contributed by atoms with Crippen molar-refractivity contribution in [3.05, 3.63) is 115 Å². The number of nitrogens with zero attached hydrogens (tertiary/aromatic N) is 4. The van der Waals surface area contributed by atoms with Gasteiger partial charge >= 0.3 is 0 Å². The molecular weight excluding hydrogens is 480 g/mol. The first kappa shape index (κ1) is 19.1. The molecule has 0 amide bonds. The molecule has 0 fully saturated rings. The monoisotopic (exact) mass is 501 g/mol. The van der Waals surface area contributed by atoms with Crippen molar-refractivity contribution >= 4 is 54.7 Å². The van der Waals surface area contributed by atoms with E-state index in [1.54, 1.807) is 0 Å². The molecule has 3 aromatic heterocycles. The Labute approximate surface area is 223 Å². The highest BCUT2D eigenvalue weighted by atomic mass is 16.5. The van der Waals surface area contributed by atoms with Gasteiger partial charge in [-0.1, -0.05) is 42.5 Å². The molecule has 0 bridgehead atoms. The predicted octanol–water partition coefficient (Wildman–Crippen LogP) is 6.61. The van der Waals surface area contributed by atoms with Gasteiger partial charge in [-0.05, 0) is 53.2 Å². The molecule has 4 aromatic carbocycles. The number of anilines is 1. The van der Waals surface area contributed by atoms with Crippen LogP contribution in [0.5, 0.6) is 11.5 Å². The number of para-hydroxylation sites is 1. The van der Waals surface area contributed by atoms with Crippen LogP contribution in [0.3, 0.4) is 0 Å². The first-order chi connectivity index (χ1) is 19.3. The van der Waals surface area contributed by atoms with Crippen molar-refractivity contribution in [3.8, 4) is 11.5 Å². The molecule has 7 heterocycles. The van der Waals surface area contributed by atoms with Crippen LogP contribution in [-0.4, -0.2) is 22.7 Å². The van der Waals surface area contributed by atoms with E-state index in [4.69, 9.17) is 4.74 Å². The fourth-order valence-electron chi connectivity index (χ4n) is 8.51. The summed E-state index contributed by atoms with van der Waals surface area (Å²) in [7, 11) is 2.20. The van der Waals surface area contributed by atoms with Gasteiger partial charge in [0.15, 0.2) is 11.7 Å². The van der Waals surface area contributed by atoms with Crippen molar-refractivity contribution in [2.75, 3.05) is 11.9 Å². The molecule has 0 saturated carbocycles. The quantitative estimate of drug-likeness (QED) is 0.219. The van der Waals surface area contributed by atoms with Crippen LogP contribution in [0.1, 0.15) is 11.1 Å². The van der Waals surface area contributed by atoms with Gasteiger partial charge in [-0.25, -0.2) is 4.57 Å². The van der Waals surface area contributed by atoms with E-state index < -0.39 is 5.54 Å². The molecule has 4 aliphatic heterocycles. The lowest BCUT2D eigenvalue weighted by Crippen LogP contribution is -2.57. The van der Waals surface area contributed by atoms with Crippen LogP contribution in [0.25, 0.3) is 49.0 Å². The Morgan fingerprint density at radius 2 is 1.38 bits per heavy atom. The average molecular weight is 502 g/mol. The first-order valence-electron chi connectivity index (χ1n) is 13.5. The van der Waals surface area contributed by atoms with Crippen molar-refractivity contribution < 1.29 is 9.14 Å². The molecule has 2 unspecified atom stereocenters. The van der Waals surface area contributed by atoms with Crippen LogP contribution in [-0.2, 0) is 5.54 Å². The largest absolute Gasteiger partial charge is 0.456 e. The van der Waals surface area contributed by atoms with Crippen LogP contribution in [0, 0.1) is 0 Å². The Morgan fingerprint density at radius 1 is 0.667 bits per heavy atom. The zero-order valence-electron chi connectivity index (χ0n) is 21.1. The molecule has 0 N–H and O–H groups in total. The van der Waals surface area contributed by atoms with Crippen LogP contribution < -0.4 is 14.0 Å². The second-order valence-corrected chi connectivity index (χ2v) is 11.3. The molecule has 39 heavy (non-hydrogen) atoms. The highest BCUT2D eigenvalue weighted by molar-refractivity contribution is 6.21. The summed E-state index contributed by atoms with van der Waals surface area (Å²) >= 11 is 0. The van der Waals surface area contributed by atoms with Crippen LogP contribution in [0.15, 0.2) is 104 Å². The second-order valence-electron chi connectivity index (χ2n) is 11.3. The fraction of sp³-hybridized carbons (Fsp3) is 0.0882. The van der Waals surface area contributed by atoms with Gasteiger partial charge in [0.25, 0.3) is 5.65 Å². The molecule has 5 heteroatoms. The SMILES string of the molecule is CN1C=CN2c3cccc4c3C3(c5c(ccc6c7ccccc7c7cccc8c9cccn3c9[n+](c56)c78)O4)C12. The second kappa shape index (κ2) is 5.84. The Kier molecular flexibility index (Phi) is 2.86. The van der Waals surface area contributed by atoms with E-state index in [0.717, 1.165) is 11.5 Å². The summed E-state index contributed by atoms with van der Waals surface area (Å²) < 4.78 is 11.9. The number of rotatable bonds is 0. The minimum absolute atomic E-state index is 0.0446. The minimum Gasteiger partial charge on any atom is -0.456 e. The van der Waals surface area contributed by atoms with E-state index in [2.05, 4.69) is 129 Å². The number of aromatic nitrogens is 2. The average Bonchev–Trinajstić information content (AvgIpc) is 3.59. The summed E-state index contributed by atoms with van der Waals surface area (Å²) in [5.74, 6) is 1.88. The van der Waals surface area contributed by atoms with Gasteiger partial charge in [-0.15, -0.1) is 0 Å². The van der Waals surface area contributed by atoms with Crippen molar-refractivity contribution in [2.45, 2.75) is 11.7 Å². The molecule has 5 nitrogen and oxygen atoms in total. The number of ether oxygens (including phenoxy) is 1. The zero-order valence-corrected chi connectivity index (χ0v) is 21.1. The Bertz CT molecular complexity index is 2370. The third-order valence-corrected chi connectivity index (χ3v) is 9.73. The molecular formula is C34H21N4O+. The lowest BCUT2D eigenvalue weighted by atomic mass is 9.76. The standard InChI is InChI=1S/C34H21N4O/c1-35-17-18-36-25-12-5-13-26-28(25)34(33(35)36)29-27(39-26)15-14-23-20-8-3-2-7-19(20)21-9-4-10-22-24-11-6-16-37(34)32(24)38(30(21)22)31(23)29/h2-18,33H,1H3/q+1. The summed E-state index contributed by atoms with van der Waals surface area (Å²) in [5.41, 5.74) is 6.98. The number of pyridine rings is 1. The zero-order chi connectivity index (χ0) is 25.2. The molecule has 7 aromatic rings. The maximum absolute atomic E-state index is 6.82. The molecule has 2 atom stereocenters. The molecule has 0 saturated heterocycles. The van der Waals surface area contributed by atoms with Gasteiger partial charge in [-0.3, -0.25) is 0 Å². The maximum Gasteiger partial charge on any atom is 0.296 e. The topological polar surface area (TPSA) is 24.7 Å². The van der Waals surface area contributed by atoms with E-state index in [-0.39, 0.29) is 6.17 Å². The number of benzene rings is 4. The third-order valence-electron chi connectivity index (χ3n) is 9.73. The van der Waals surface area contributed by atoms with E-state index in [9.17, 15) is 0 Å². The Hall–Kier alpha value is -5.03. The van der Waals surface area contributed by atoms with Gasteiger partial charge in [0.1, 0.15) is 17.0 Å². The maximum atomic E-state index is 6.82.